The average molecular weight is 273 g/mol. The molecule has 2 heteroatoms. The number of amides is 1. The minimum Gasteiger partial charge on any atom is -0.338 e. The van der Waals surface area contributed by atoms with Gasteiger partial charge in [0.2, 0.25) is 5.91 Å². The molecule has 0 saturated carbocycles. The van der Waals surface area contributed by atoms with Crippen LogP contribution in [0.25, 0.3) is 0 Å². The smallest absolute Gasteiger partial charge is 0.222 e. The SMILES string of the molecule is CCCCCCCCC(=O)N1CCc2ccccc2C1. The Balaban J connectivity index is 1.69. The molecule has 0 saturated heterocycles. The molecule has 2 nitrogen and oxygen atoms in total. The lowest BCUT2D eigenvalue weighted by atomic mass is 9.99. The first-order chi connectivity index (χ1) is 9.81. The third kappa shape index (κ3) is 4.36. The first kappa shape index (κ1) is 15.1. The zero-order valence-electron chi connectivity index (χ0n) is 12.7. The highest BCUT2D eigenvalue weighted by molar-refractivity contribution is 5.76. The first-order valence-corrected chi connectivity index (χ1v) is 8.16. The van der Waals surface area contributed by atoms with E-state index in [1.165, 1.54) is 43.2 Å². The maximum atomic E-state index is 12.2. The van der Waals surface area contributed by atoms with Crippen LogP contribution in [0.15, 0.2) is 24.3 Å². The minimum atomic E-state index is 0.343. The zero-order chi connectivity index (χ0) is 14.2. The molecule has 1 heterocycles. The molecule has 2 rings (SSSR count). The Morgan fingerprint density at radius 3 is 2.55 bits per heavy atom. The summed E-state index contributed by atoms with van der Waals surface area (Å²) in [7, 11) is 0. The Morgan fingerprint density at radius 2 is 1.75 bits per heavy atom. The van der Waals surface area contributed by atoms with Crippen molar-refractivity contribution < 1.29 is 4.79 Å². The van der Waals surface area contributed by atoms with Crippen LogP contribution in [0.1, 0.15) is 63.0 Å². The van der Waals surface area contributed by atoms with E-state index < -0.39 is 0 Å². The van der Waals surface area contributed by atoms with Gasteiger partial charge >= 0.3 is 0 Å². The van der Waals surface area contributed by atoms with E-state index in [9.17, 15) is 4.79 Å². The van der Waals surface area contributed by atoms with Gasteiger partial charge in [0.25, 0.3) is 0 Å². The second kappa shape index (κ2) is 8.08. The molecule has 1 aliphatic rings. The fraction of sp³-hybridized carbons (Fsp3) is 0.611. The van der Waals surface area contributed by atoms with E-state index >= 15 is 0 Å². The van der Waals surface area contributed by atoms with Crippen LogP contribution in [-0.4, -0.2) is 17.4 Å². The maximum Gasteiger partial charge on any atom is 0.222 e. The van der Waals surface area contributed by atoms with E-state index in [-0.39, 0.29) is 0 Å². The highest BCUT2D eigenvalue weighted by atomic mass is 16.2. The predicted molar refractivity (Wildman–Crippen MR) is 83.6 cm³/mol. The Morgan fingerprint density at radius 1 is 1.05 bits per heavy atom. The summed E-state index contributed by atoms with van der Waals surface area (Å²) in [5.41, 5.74) is 2.74. The van der Waals surface area contributed by atoms with Crippen molar-refractivity contribution in [2.24, 2.45) is 0 Å². The number of carbonyl (C=O) groups is 1. The molecule has 0 bridgehead atoms. The lowest BCUT2D eigenvalue weighted by molar-refractivity contribution is -0.132. The van der Waals surface area contributed by atoms with Gasteiger partial charge in [0.05, 0.1) is 0 Å². The van der Waals surface area contributed by atoms with E-state index in [2.05, 4.69) is 31.2 Å². The number of rotatable bonds is 7. The summed E-state index contributed by atoms with van der Waals surface area (Å²) >= 11 is 0. The van der Waals surface area contributed by atoms with Crippen LogP contribution in [0.5, 0.6) is 0 Å². The van der Waals surface area contributed by atoms with Crippen molar-refractivity contribution in [3.05, 3.63) is 35.4 Å². The molecule has 20 heavy (non-hydrogen) atoms. The molecule has 0 spiro atoms. The van der Waals surface area contributed by atoms with Gasteiger partial charge in [-0.2, -0.15) is 0 Å². The molecule has 0 N–H and O–H groups in total. The molecule has 0 fully saturated rings. The molecular formula is C18H27NO. The van der Waals surface area contributed by atoms with E-state index in [4.69, 9.17) is 0 Å². The summed E-state index contributed by atoms with van der Waals surface area (Å²) in [5, 5.41) is 0. The third-order valence-electron chi connectivity index (χ3n) is 4.23. The number of fused-ring (bicyclic) bond motifs is 1. The van der Waals surface area contributed by atoms with Gasteiger partial charge < -0.3 is 4.90 Å². The van der Waals surface area contributed by atoms with Crippen molar-refractivity contribution in [2.75, 3.05) is 6.54 Å². The molecule has 0 atom stereocenters. The lowest BCUT2D eigenvalue weighted by Gasteiger charge is -2.29. The number of hydrogen-bond acceptors (Lipinski definition) is 1. The van der Waals surface area contributed by atoms with Gasteiger partial charge in [-0.25, -0.2) is 0 Å². The van der Waals surface area contributed by atoms with Crippen LogP contribution >= 0.6 is 0 Å². The van der Waals surface area contributed by atoms with Crippen molar-refractivity contribution in [3.8, 4) is 0 Å². The highest BCUT2D eigenvalue weighted by Gasteiger charge is 2.19. The highest BCUT2D eigenvalue weighted by Crippen LogP contribution is 2.19. The molecule has 1 amide bonds. The number of nitrogens with zero attached hydrogens (tertiary/aromatic N) is 1. The summed E-state index contributed by atoms with van der Waals surface area (Å²) in [5.74, 6) is 0.343. The van der Waals surface area contributed by atoms with Gasteiger partial charge in [-0.3, -0.25) is 4.79 Å². The fourth-order valence-corrected chi connectivity index (χ4v) is 2.92. The Kier molecular flexibility index (Phi) is 6.10. The largest absolute Gasteiger partial charge is 0.338 e. The molecule has 0 aromatic heterocycles. The van der Waals surface area contributed by atoms with Crippen molar-refractivity contribution in [2.45, 2.75) is 64.8 Å². The van der Waals surface area contributed by atoms with Crippen LogP contribution in [0.3, 0.4) is 0 Å². The molecule has 0 radical (unpaired) electrons. The second-order valence-corrected chi connectivity index (χ2v) is 5.85. The summed E-state index contributed by atoms with van der Waals surface area (Å²) in [6.45, 7) is 3.94. The van der Waals surface area contributed by atoms with Crippen LogP contribution in [0, 0.1) is 0 Å². The van der Waals surface area contributed by atoms with E-state index in [0.29, 0.717) is 5.91 Å². The third-order valence-corrected chi connectivity index (χ3v) is 4.23. The van der Waals surface area contributed by atoms with Crippen molar-refractivity contribution in [1.29, 1.82) is 0 Å². The van der Waals surface area contributed by atoms with Gasteiger partial charge in [0, 0.05) is 19.5 Å². The Bertz CT molecular complexity index is 427. The Hall–Kier alpha value is -1.31. The number of hydrogen-bond donors (Lipinski definition) is 0. The van der Waals surface area contributed by atoms with Crippen LogP contribution < -0.4 is 0 Å². The van der Waals surface area contributed by atoms with E-state index in [0.717, 1.165) is 32.4 Å². The number of unbranched alkanes of at least 4 members (excludes halogenated alkanes) is 5. The predicted octanol–water partition coefficient (Wildman–Crippen LogP) is 4.32. The summed E-state index contributed by atoms with van der Waals surface area (Å²) < 4.78 is 0. The van der Waals surface area contributed by atoms with E-state index in [1.54, 1.807) is 0 Å². The zero-order valence-corrected chi connectivity index (χ0v) is 12.7. The summed E-state index contributed by atoms with van der Waals surface area (Å²) in [4.78, 5) is 14.3. The maximum absolute atomic E-state index is 12.2. The molecular weight excluding hydrogens is 246 g/mol. The normalized spacial score (nSPS) is 14.2. The van der Waals surface area contributed by atoms with Crippen molar-refractivity contribution in [1.82, 2.24) is 4.90 Å². The fourth-order valence-electron chi connectivity index (χ4n) is 2.92. The topological polar surface area (TPSA) is 20.3 Å². The minimum absolute atomic E-state index is 0.343. The average Bonchev–Trinajstić information content (AvgIpc) is 2.50. The van der Waals surface area contributed by atoms with Crippen LogP contribution in [0.4, 0.5) is 0 Å². The molecule has 1 aromatic carbocycles. The molecule has 1 aliphatic heterocycles. The van der Waals surface area contributed by atoms with Crippen LogP contribution in [-0.2, 0) is 17.8 Å². The van der Waals surface area contributed by atoms with Gasteiger partial charge in [-0.15, -0.1) is 0 Å². The number of carbonyl (C=O) groups excluding carboxylic acids is 1. The number of benzene rings is 1. The van der Waals surface area contributed by atoms with Gasteiger partial charge in [-0.1, -0.05) is 63.3 Å². The Labute approximate surface area is 123 Å². The molecule has 0 aliphatic carbocycles. The molecule has 110 valence electrons. The van der Waals surface area contributed by atoms with Gasteiger partial charge in [-0.05, 0) is 24.0 Å². The van der Waals surface area contributed by atoms with Gasteiger partial charge in [0.15, 0.2) is 0 Å². The van der Waals surface area contributed by atoms with Crippen molar-refractivity contribution in [3.63, 3.8) is 0 Å². The summed E-state index contributed by atoms with van der Waals surface area (Å²) in [6.07, 6.45) is 9.22. The molecule has 1 aromatic rings. The van der Waals surface area contributed by atoms with Crippen LogP contribution in [0.2, 0.25) is 0 Å². The standard InChI is InChI=1S/C18H27NO/c1-2-3-4-5-6-7-12-18(20)19-14-13-16-10-8-9-11-17(16)15-19/h8-11H,2-7,12-15H2,1H3. The first-order valence-electron chi connectivity index (χ1n) is 8.16. The summed E-state index contributed by atoms with van der Waals surface area (Å²) in [6, 6.07) is 8.50. The second-order valence-electron chi connectivity index (χ2n) is 5.85. The monoisotopic (exact) mass is 273 g/mol. The quantitative estimate of drug-likeness (QED) is 0.677. The lowest BCUT2D eigenvalue weighted by Crippen LogP contribution is -2.35. The van der Waals surface area contributed by atoms with Crippen molar-refractivity contribution >= 4 is 5.91 Å². The van der Waals surface area contributed by atoms with Gasteiger partial charge in [0.1, 0.15) is 0 Å². The van der Waals surface area contributed by atoms with E-state index in [1.807, 2.05) is 4.90 Å². The molecule has 0 unspecified atom stereocenters.